The fourth-order valence-electron chi connectivity index (χ4n) is 3.49. The van der Waals surface area contributed by atoms with Crippen molar-refractivity contribution >= 4 is 17.7 Å². The first-order valence-electron chi connectivity index (χ1n) is 9.94. The number of carbonyl (C=O) groups is 1. The van der Waals surface area contributed by atoms with Gasteiger partial charge in [-0.25, -0.2) is 0 Å². The molecule has 1 aliphatic rings. The van der Waals surface area contributed by atoms with Gasteiger partial charge in [-0.05, 0) is 30.7 Å². The van der Waals surface area contributed by atoms with Gasteiger partial charge in [0.15, 0.2) is 0 Å². The standard InChI is InChI=1S/C23H29N3O/c1-20-9-11-22(12-10-20)24-23(27)13-15-26-18-16-25(17-19-26)14-5-8-21-6-3-2-4-7-21/h2-12H,13-19H2,1H3,(H,24,27)/p+2/b8-5+. The molecule has 2 aromatic rings. The van der Waals surface area contributed by atoms with Crippen LogP contribution in [0.1, 0.15) is 17.5 Å². The Labute approximate surface area is 162 Å². The van der Waals surface area contributed by atoms with Crippen LogP contribution in [0.5, 0.6) is 0 Å². The summed E-state index contributed by atoms with van der Waals surface area (Å²) in [7, 11) is 0. The number of carbonyl (C=O) groups excluding carboxylic acids is 1. The Morgan fingerprint density at radius 2 is 1.63 bits per heavy atom. The van der Waals surface area contributed by atoms with Gasteiger partial charge in [0.05, 0.1) is 19.5 Å². The first kappa shape index (κ1) is 19.3. The molecule has 4 nitrogen and oxygen atoms in total. The predicted octanol–water partition coefficient (Wildman–Crippen LogP) is 0.820. The zero-order chi connectivity index (χ0) is 18.9. The Kier molecular flexibility index (Phi) is 7.19. The van der Waals surface area contributed by atoms with Gasteiger partial charge in [0.1, 0.15) is 26.2 Å². The van der Waals surface area contributed by atoms with Crippen LogP contribution in [0.25, 0.3) is 6.08 Å². The average Bonchev–Trinajstić information content (AvgIpc) is 2.70. The van der Waals surface area contributed by atoms with Crippen molar-refractivity contribution in [1.29, 1.82) is 0 Å². The zero-order valence-corrected chi connectivity index (χ0v) is 16.2. The van der Waals surface area contributed by atoms with Crippen molar-refractivity contribution in [2.24, 2.45) is 0 Å². The van der Waals surface area contributed by atoms with Crippen LogP contribution in [0.15, 0.2) is 60.7 Å². The largest absolute Gasteiger partial charge is 0.326 e. The number of rotatable bonds is 7. The van der Waals surface area contributed by atoms with E-state index >= 15 is 0 Å². The third-order valence-electron chi connectivity index (χ3n) is 5.22. The molecule has 0 aromatic heterocycles. The maximum atomic E-state index is 12.1. The van der Waals surface area contributed by atoms with Gasteiger partial charge in [0.25, 0.3) is 0 Å². The summed E-state index contributed by atoms with van der Waals surface area (Å²) >= 11 is 0. The molecule has 0 spiro atoms. The van der Waals surface area contributed by atoms with Crippen LogP contribution in [0.4, 0.5) is 5.69 Å². The minimum atomic E-state index is 0.118. The third-order valence-corrected chi connectivity index (χ3v) is 5.22. The van der Waals surface area contributed by atoms with Crippen molar-refractivity contribution in [1.82, 2.24) is 0 Å². The number of benzene rings is 2. The summed E-state index contributed by atoms with van der Waals surface area (Å²) in [5.74, 6) is 0.118. The Bertz CT molecular complexity index is 732. The van der Waals surface area contributed by atoms with Crippen molar-refractivity contribution in [2.45, 2.75) is 13.3 Å². The van der Waals surface area contributed by atoms with E-state index in [0.717, 1.165) is 31.9 Å². The lowest BCUT2D eigenvalue weighted by atomic mass is 10.2. The molecule has 0 radical (unpaired) electrons. The van der Waals surface area contributed by atoms with Gasteiger partial charge in [-0.3, -0.25) is 4.79 Å². The van der Waals surface area contributed by atoms with E-state index < -0.39 is 0 Å². The van der Waals surface area contributed by atoms with Gasteiger partial charge in [0, 0.05) is 5.69 Å². The summed E-state index contributed by atoms with van der Waals surface area (Å²) in [6, 6.07) is 18.4. The molecule has 3 rings (SSSR count). The number of nitrogens with one attached hydrogen (secondary N) is 3. The van der Waals surface area contributed by atoms with Crippen LogP contribution in [0.2, 0.25) is 0 Å². The molecular formula is C23H31N3O+2. The topological polar surface area (TPSA) is 38.0 Å². The minimum Gasteiger partial charge on any atom is -0.326 e. The van der Waals surface area contributed by atoms with Gasteiger partial charge in [-0.2, -0.15) is 0 Å². The Balaban J connectivity index is 1.32. The van der Waals surface area contributed by atoms with E-state index in [2.05, 4.69) is 41.7 Å². The van der Waals surface area contributed by atoms with Crippen molar-refractivity contribution in [3.63, 3.8) is 0 Å². The number of aryl methyl sites for hydroxylation is 1. The van der Waals surface area contributed by atoms with Crippen LogP contribution in [-0.4, -0.2) is 45.2 Å². The van der Waals surface area contributed by atoms with Crippen molar-refractivity contribution in [2.75, 3.05) is 44.6 Å². The predicted molar refractivity (Wildman–Crippen MR) is 111 cm³/mol. The molecule has 1 amide bonds. The van der Waals surface area contributed by atoms with Gasteiger partial charge in [0.2, 0.25) is 5.91 Å². The lowest BCUT2D eigenvalue weighted by Gasteiger charge is -2.29. The summed E-state index contributed by atoms with van der Waals surface area (Å²) < 4.78 is 0. The molecule has 1 fully saturated rings. The van der Waals surface area contributed by atoms with E-state index in [1.165, 1.54) is 24.2 Å². The Morgan fingerprint density at radius 3 is 2.33 bits per heavy atom. The molecule has 0 atom stereocenters. The molecule has 0 unspecified atom stereocenters. The van der Waals surface area contributed by atoms with Crippen molar-refractivity contribution < 1.29 is 14.6 Å². The number of hydrogen-bond acceptors (Lipinski definition) is 1. The summed E-state index contributed by atoms with van der Waals surface area (Å²) in [5, 5.41) is 2.99. The number of hydrogen-bond donors (Lipinski definition) is 3. The molecule has 142 valence electrons. The summed E-state index contributed by atoms with van der Waals surface area (Å²) in [5.41, 5.74) is 3.36. The third kappa shape index (κ3) is 6.66. The Hall–Kier alpha value is -2.43. The number of amides is 1. The highest BCUT2D eigenvalue weighted by atomic mass is 16.1. The van der Waals surface area contributed by atoms with E-state index in [-0.39, 0.29) is 5.91 Å². The highest BCUT2D eigenvalue weighted by molar-refractivity contribution is 5.90. The summed E-state index contributed by atoms with van der Waals surface area (Å²) in [6.07, 6.45) is 5.08. The van der Waals surface area contributed by atoms with Gasteiger partial charge >= 0.3 is 0 Å². The van der Waals surface area contributed by atoms with E-state index in [0.29, 0.717) is 6.42 Å². The van der Waals surface area contributed by atoms with Crippen LogP contribution in [-0.2, 0) is 4.79 Å². The molecule has 0 saturated carbocycles. The maximum absolute atomic E-state index is 12.1. The lowest BCUT2D eigenvalue weighted by molar-refractivity contribution is -1.01. The molecule has 1 saturated heterocycles. The van der Waals surface area contributed by atoms with Crippen LogP contribution in [0.3, 0.4) is 0 Å². The molecule has 27 heavy (non-hydrogen) atoms. The van der Waals surface area contributed by atoms with Gasteiger partial charge in [-0.15, -0.1) is 0 Å². The second-order valence-electron chi connectivity index (χ2n) is 7.43. The van der Waals surface area contributed by atoms with E-state index in [1.54, 1.807) is 9.80 Å². The second-order valence-corrected chi connectivity index (χ2v) is 7.43. The fourth-order valence-corrected chi connectivity index (χ4v) is 3.49. The van der Waals surface area contributed by atoms with Gasteiger partial charge < -0.3 is 15.1 Å². The highest BCUT2D eigenvalue weighted by Gasteiger charge is 2.22. The van der Waals surface area contributed by atoms with Crippen molar-refractivity contribution in [3.8, 4) is 0 Å². The first-order valence-corrected chi connectivity index (χ1v) is 9.94. The van der Waals surface area contributed by atoms with E-state index in [4.69, 9.17) is 0 Å². The molecule has 0 aliphatic carbocycles. The van der Waals surface area contributed by atoms with E-state index in [1.807, 2.05) is 37.3 Å². The van der Waals surface area contributed by atoms with Crippen molar-refractivity contribution in [3.05, 3.63) is 71.8 Å². The first-order chi connectivity index (χ1) is 13.2. The smallest absolute Gasteiger partial charge is 0.230 e. The number of quaternary nitrogens is 2. The molecular weight excluding hydrogens is 334 g/mol. The van der Waals surface area contributed by atoms with E-state index in [9.17, 15) is 4.79 Å². The lowest BCUT2D eigenvalue weighted by Crippen LogP contribution is -3.28. The Morgan fingerprint density at radius 1 is 0.963 bits per heavy atom. The molecule has 0 bridgehead atoms. The normalized spacial score (nSPS) is 19.9. The second kappa shape index (κ2) is 10.0. The summed E-state index contributed by atoms with van der Waals surface area (Å²) in [4.78, 5) is 15.3. The maximum Gasteiger partial charge on any atom is 0.230 e. The van der Waals surface area contributed by atoms with Crippen LogP contribution in [0, 0.1) is 6.92 Å². The molecule has 3 N–H and O–H groups in total. The number of anilines is 1. The zero-order valence-electron chi connectivity index (χ0n) is 16.2. The highest BCUT2D eigenvalue weighted by Crippen LogP contribution is 2.08. The molecule has 2 aromatic carbocycles. The molecule has 4 heteroatoms. The molecule has 1 aliphatic heterocycles. The number of piperazine rings is 1. The van der Waals surface area contributed by atoms with Crippen LogP contribution < -0.4 is 15.1 Å². The average molecular weight is 366 g/mol. The fraction of sp³-hybridized carbons (Fsp3) is 0.348. The quantitative estimate of drug-likeness (QED) is 0.668. The monoisotopic (exact) mass is 365 g/mol. The summed E-state index contributed by atoms with van der Waals surface area (Å²) in [6.45, 7) is 8.69. The van der Waals surface area contributed by atoms with Crippen LogP contribution >= 0.6 is 0 Å². The molecule has 1 heterocycles. The van der Waals surface area contributed by atoms with Gasteiger partial charge in [-0.1, -0.05) is 54.1 Å². The minimum absolute atomic E-state index is 0.118. The SMILES string of the molecule is Cc1ccc(NC(=O)CC[NH+]2CC[NH+](C/C=C/c3ccccc3)CC2)cc1.